The molecule has 9 heteroatoms. The van der Waals surface area contributed by atoms with Crippen molar-refractivity contribution in [3.8, 4) is 0 Å². The molecule has 0 fully saturated rings. The van der Waals surface area contributed by atoms with E-state index in [0.29, 0.717) is 10.8 Å². The van der Waals surface area contributed by atoms with Gasteiger partial charge in [-0.25, -0.2) is 4.68 Å². The lowest BCUT2D eigenvalue weighted by Crippen LogP contribution is -2.37. The second-order valence-corrected chi connectivity index (χ2v) is 5.09. The van der Waals surface area contributed by atoms with Crippen molar-refractivity contribution in [2.24, 2.45) is 0 Å². The van der Waals surface area contributed by atoms with Crippen LogP contribution in [0.3, 0.4) is 0 Å². The molecule has 0 unspecified atom stereocenters. The molecule has 8 nitrogen and oxygen atoms in total. The summed E-state index contributed by atoms with van der Waals surface area (Å²) in [7, 11) is 0. The fraction of sp³-hybridized carbons (Fsp3) is 0.308. The van der Waals surface area contributed by atoms with Crippen LogP contribution in [0, 0.1) is 6.92 Å². The van der Waals surface area contributed by atoms with Crippen molar-refractivity contribution < 1.29 is 14.7 Å². The average Bonchev–Trinajstić information content (AvgIpc) is 2.85. The fourth-order valence-corrected chi connectivity index (χ4v) is 1.96. The number of carboxylic acids is 1. The van der Waals surface area contributed by atoms with E-state index in [0.717, 1.165) is 5.56 Å². The highest BCUT2D eigenvalue weighted by Crippen LogP contribution is 2.12. The molecule has 1 N–H and O–H groups in total. The van der Waals surface area contributed by atoms with E-state index < -0.39 is 12.5 Å². The second-order valence-electron chi connectivity index (χ2n) is 4.65. The smallest absolute Gasteiger partial charge is 0.323 e. The normalized spacial score (nSPS) is 10.5. The van der Waals surface area contributed by atoms with Crippen LogP contribution in [-0.2, 0) is 22.7 Å². The first-order valence-corrected chi connectivity index (χ1v) is 6.80. The van der Waals surface area contributed by atoms with Crippen LogP contribution < -0.4 is 0 Å². The minimum atomic E-state index is -1.09. The highest BCUT2D eigenvalue weighted by atomic mass is 35.5. The third-order valence-corrected chi connectivity index (χ3v) is 3.21. The van der Waals surface area contributed by atoms with Crippen LogP contribution in [0.1, 0.15) is 11.4 Å². The van der Waals surface area contributed by atoms with Gasteiger partial charge in [0.05, 0.1) is 0 Å². The molecule has 1 aromatic carbocycles. The summed E-state index contributed by atoms with van der Waals surface area (Å²) in [6.07, 6.45) is 0. The average molecular weight is 324 g/mol. The van der Waals surface area contributed by atoms with Crippen molar-refractivity contribution >= 4 is 23.5 Å². The zero-order chi connectivity index (χ0) is 16.1. The highest BCUT2D eigenvalue weighted by Gasteiger charge is 2.19. The Balaban J connectivity index is 2.11. The van der Waals surface area contributed by atoms with E-state index in [4.69, 9.17) is 16.7 Å². The van der Waals surface area contributed by atoms with Gasteiger partial charge in [-0.3, -0.25) is 9.59 Å². The predicted molar refractivity (Wildman–Crippen MR) is 77.1 cm³/mol. The summed E-state index contributed by atoms with van der Waals surface area (Å²) in [6, 6.07) is 6.86. The molecule has 0 aliphatic carbocycles. The topological polar surface area (TPSA) is 101 Å². The van der Waals surface area contributed by atoms with E-state index in [1.165, 1.54) is 9.58 Å². The summed E-state index contributed by atoms with van der Waals surface area (Å²) in [5, 5.41) is 20.4. The molecule has 1 heterocycles. The number of hydrogen-bond donors (Lipinski definition) is 1. The Morgan fingerprint density at radius 1 is 1.32 bits per heavy atom. The quantitative estimate of drug-likeness (QED) is 0.841. The lowest BCUT2D eigenvalue weighted by atomic mass is 10.2. The summed E-state index contributed by atoms with van der Waals surface area (Å²) in [4.78, 5) is 24.5. The summed E-state index contributed by atoms with van der Waals surface area (Å²) in [5.74, 6) is -0.987. The van der Waals surface area contributed by atoms with Crippen LogP contribution in [0.15, 0.2) is 24.3 Å². The van der Waals surface area contributed by atoms with E-state index in [-0.39, 0.29) is 19.0 Å². The minimum Gasteiger partial charge on any atom is -0.480 e. The summed E-state index contributed by atoms with van der Waals surface area (Å²) < 4.78 is 1.32. The largest absolute Gasteiger partial charge is 0.480 e. The molecule has 0 aliphatic rings. The van der Waals surface area contributed by atoms with Gasteiger partial charge in [0.25, 0.3) is 0 Å². The molecule has 0 saturated carbocycles. The van der Waals surface area contributed by atoms with Gasteiger partial charge in [-0.15, -0.1) is 5.10 Å². The molecule has 0 bridgehead atoms. The Bertz CT molecular complexity index is 671. The van der Waals surface area contributed by atoms with Crippen molar-refractivity contribution in [1.29, 1.82) is 0 Å². The number of rotatable bonds is 6. The number of halogens is 1. The van der Waals surface area contributed by atoms with Gasteiger partial charge in [0.2, 0.25) is 5.91 Å². The number of carbonyl (C=O) groups excluding carboxylic acids is 1. The van der Waals surface area contributed by atoms with Crippen molar-refractivity contribution in [2.75, 3.05) is 6.54 Å². The Labute approximate surface area is 131 Å². The van der Waals surface area contributed by atoms with Crippen LogP contribution in [0.2, 0.25) is 5.02 Å². The molecular weight excluding hydrogens is 310 g/mol. The molecule has 0 atom stereocenters. The Kier molecular flexibility index (Phi) is 5.05. The number of aryl methyl sites for hydroxylation is 1. The van der Waals surface area contributed by atoms with E-state index in [1.807, 2.05) is 0 Å². The molecule has 0 radical (unpaired) electrons. The number of benzene rings is 1. The van der Waals surface area contributed by atoms with Gasteiger partial charge in [0.15, 0.2) is 0 Å². The molecule has 2 rings (SSSR count). The third kappa shape index (κ3) is 4.26. The van der Waals surface area contributed by atoms with Crippen molar-refractivity contribution in [2.45, 2.75) is 20.0 Å². The van der Waals surface area contributed by atoms with Gasteiger partial charge >= 0.3 is 5.97 Å². The van der Waals surface area contributed by atoms with Crippen LogP contribution in [0.5, 0.6) is 0 Å². The maximum Gasteiger partial charge on any atom is 0.323 e. The van der Waals surface area contributed by atoms with Gasteiger partial charge in [-0.2, -0.15) is 0 Å². The van der Waals surface area contributed by atoms with Crippen LogP contribution in [0.25, 0.3) is 0 Å². The standard InChI is InChI=1S/C13H14ClN5O3/c1-9-15-16-17-19(9)7-12(20)18(8-13(21)22)6-10-2-4-11(14)5-3-10/h2-5H,6-8H2,1H3,(H,21,22). The fourth-order valence-electron chi connectivity index (χ4n) is 1.83. The zero-order valence-corrected chi connectivity index (χ0v) is 12.6. The molecule has 0 spiro atoms. The maximum atomic E-state index is 12.3. The van der Waals surface area contributed by atoms with E-state index in [1.54, 1.807) is 31.2 Å². The second kappa shape index (κ2) is 6.99. The number of tetrazole rings is 1. The third-order valence-electron chi connectivity index (χ3n) is 2.96. The maximum absolute atomic E-state index is 12.3. The Morgan fingerprint density at radius 3 is 2.55 bits per heavy atom. The van der Waals surface area contributed by atoms with Crippen LogP contribution >= 0.6 is 11.6 Å². The highest BCUT2D eigenvalue weighted by molar-refractivity contribution is 6.30. The number of aliphatic carboxylic acids is 1. The SMILES string of the molecule is Cc1nnnn1CC(=O)N(CC(=O)O)Cc1ccc(Cl)cc1. The number of aromatic nitrogens is 4. The van der Waals surface area contributed by atoms with E-state index in [2.05, 4.69) is 15.5 Å². The van der Waals surface area contributed by atoms with Gasteiger partial charge in [0, 0.05) is 11.6 Å². The molecule has 116 valence electrons. The summed E-state index contributed by atoms with van der Waals surface area (Å²) in [5.41, 5.74) is 0.785. The van der Waals surface area contributed by atoms with Crippen molar-refractivity contribution in [3.63, 3.8) is 0 Å². The number of amides is 1. The lowest BCUT2D eigenvalue weighted by Gasteiger charge is -2.21. The predicted octanol–water partition coefficient (Wildman–Crippen LogP) is 0.748. The molecule has 1 aromatic heterocycles. The van der Waals surface area contributed by atoms with Gasteiger partial charge in [-0.1, -0.05) is 23.7 Å². The van der Waals surface area contributed by atoms with Gasteiger partial charge in [0.1, 0.15) is 18.9 Å². The first kappa shape index (κ1) is 15.9. The number of hydrogen-bond acceptors (Lipinski definition) is 5. The molecular formula is C13H14ClN5O3. The summed E-state index contributed by atoms with van der Waals surface area (Å²) >= 11 is 5.81. The minimum absolute atomic E-state index is 0.111. The van der Waals surface area contributed by atoms with E-state index in [9.17, 15) is 9.59 Å². The molecule has 0 saturated heterocycles. The zero-order valence-electron chi connectivity index (χ0n) is 11.8. The number of carbonyl (C=O) groups is 2. The molecule has 2 aromatic rings. The van der Waals surface area contributed by atoms with E-state index >= 15 is 0 Å². The molecule has 22 heavy (non-hydrogen) atoms. The lowest BCUT2D eigenvalue weighted by molar-refractivity contribution is -0.145. The van der Waals surface area contributed by atoms with Gasteiger partial charge < -0.3 is 10.0 Å². The Morgan fingerprint density at radius 2 is 2.00 bits per heavy atom. The van der Waals surface area contributed by atoms with Gasteiger partial charge in [-0.05, 0) is 35.0 Å². The van der Waals surface area contributed by atoms with Crippen LogP contribution in [-0.4, -0.2) is 48.6 Å². The number of carboxylic acid groups (broad SMARTS) is 1. The van der Waals surface area contributed by atoms with Crippen molar-refractivity contribution in [1.82, 2.24) is 25.1 Å². The summed E-state index contributed by atoms with van der Waals surface area (Å²) in [6.45, 7) is 1.32. The van der Waals surface area contributed by atoms with Crippen LogP contribution in [0.4, 0.5) is 0 Å². The van der Waals surface area contributed by atoms with Crippen molar-refractivity contribution in [3.05, 3.63) is 40.7 Å². The molecule has 0 aliphatic heterocycles. The monoisotopic (exact) mass is 323 g/mol. The first-order chi connectivity index (χ1) is 10.5. The molecule has 1 amide bonds. The first-order valence-electron chi connectivity index (χ1n) is 6.42. The Hall–Kier alpha value is -2.48. The number of nitrogens with zero attached hydrogens (tertiary/aromatic N) is 5.